The summed E-state index contributed by atoms with van der Waals surface area (Å²) < 4.78 is 26.7. The minimum absolute atomic E-state index is 0.0907. The van der Waals surface area contributed by atoms with Crippen LogP contribution in [0.25, 0.3) is 0 Å². The Balaban J connectivity index is 1.85. The van der Waals surface area contributed by atoms with Gasteiger partial charge in [-0.2, -0.15) is 0 Å². The second-order valence-electron chi connectivity index (χ2n) is 5.92. The van der Waals surface area contributed by atoms with E-state index < -0.39 is 10.0 Å². The number of amides is 1. The van der Waals surface area contributed by atoms with E-state index in [4.69, 9.17) is 0 Å². The smallest absolute Gasteiger partial charge is 0.243 e. The third-order valence-electron chi connectivity index (χ3n) is 3.34. The number of nitrogens with zero attached hydrogens (tertiary/aromatic N) is 1. The van der Waals surface area contributed by atoms with Gasteiger partial charge in [-0.15, -0.1) is 0 Å². The number of sulfonamides is 1. The summed E-state index contributed by atoms with van der Waals surface area (Å²) in [4.78, 5) is 13.8. The highest BCUT2D eigenvalue weighted by molar-refractivity contribution is 7.89. The molecule has 0 bridgehead atoms. The SMILES string of the molecule is CN(C)C/C=C/C(=O)NCc1ccc(S(=O)(=O)NC2CC2)cc1. The van der Waals surface area contributed by atoms with Crippen molar-refractivity contribution in [2.24, 2.45) is 0 Å². The number of carbonyl (C=O) groups is 1. The van der Waals surface area contributed by atoms with Crippen LogP contribution in [0.1, 0.15) is 18.4 Å². The van der Waals surface area contributed by atoms with Gasteiger partial charge in [0.1, 0.15) is 0 Å². The predicted molar refractivity (Wildman–Crippen MR) is 89.3 cm³/mol. The average Bonchev–Trinajstić information content (AvgIpc) is 3.28. The molecule has 0 aromatic heterocycles. The molecule has 1 aliphatic carbocycles. The Morgan fingerprint density at radius 3 is 2.48 bits per heavy atom. The monoisotopic (exact) mass is 337 g/mol. The lowest BCUT2D eigenvalue weighted by Crippen LogP contribution is -2.25. The van der Waals surface area contributed by atoms with Gasteiger partial charge in [-0.3, -0.25) is 4.79 Å². The van der Waals surface area contributed by atoms with E-state index in [1.807, 2.05) is 19.0 Å². The molecule has 1 amide bonds. The van der Waals surface area contributed by atoms with Crippen molar-refractivity contribution in [3.05, 3.63) is 42.0 Å². The Kier molecular flexibility index (Phi) is 5.92. The molecular weight excluding hydrogens is 314 g/mol. The van der Waals surface area contributed by atoms with Gasteiger partial charge in [-0.05, 0) is 44.6 Å². The van der Waals surface area contributed by atoms with Gasteiger partial charge < -0.3 is 10.2 Å². The molecule has 0 heterocycles. The fourth-order valence-corrected chi connectivity index (χ4v) is 3.20. The lowest BCUT2D eigenvalue weighted by atomic mass is 10.2. The molecule has 2 rings (SSSR count). The molecule has 7 heteroatoms. The van der Waals surface area contributed by atoms with Crippen molar-refractivity contribution < 1.29 is 13.2 Å². The standard InChI is InChI=1S/C16H23N3O3S/c1-19(2)11-3-4-16(20)17-12-13-5-9-15(10-6-13)23(21,22)18-14-7-8-14/h3-6,9-10,14,18H,7-8,11-12H2,1-2H3,(H,17,20)/b4-3+. The third-order valence-corrected chi connectivity index (χ3v) is 4.88. The molecule has 0 radical (unpaired) electrons. The normalized spacial score (nSPS) is 15.3. The first-order valence-electron chi connectivity index (χ1n) is 7.57. The molecule has 1 fully saturated rings. The highest BCUT2D eigenvalue weighted by Gasteiger charge is 2.27. The summed E-state index contributed by atoms with van der Waals surface area (Å²) in [5, 5.41) is 2.76. The van der Waals surface area contributed by atoms with Gasteiger partial charge >= 0.3 is 0 Å². The number of nitrogens with one attached hydrogen (secondary N) is 2. The van der Waals surface area contributed by atoms with Crippen LogP contribution in [0.3, 0.4) is 0 Å². The summed E-state index contributed by atoms with van der Waals surface area (Å²) in [5.41, 5.74) is 0.852. The number of carbonyl (C=O) groups excluding carboxylic acids is 1. The van der Waals surface area contributed by atoms with E-state index in [0.29, 0.717) is 13.1 Å². The van der Waals surface area contributed by atoms with E-state index in [0.717, 1.165) is 18.4 Å². The summed E-state index contributed by atoms with van der Waals surface area (Å²) in [6, 6.07) is 6.64. The van der Waals surface area contributed by atoms with Crippen LogP contribution in [-0.4, -0.2) is 45.9 Å². The summed E-state index contributed by atoms with van der Waals surface area (Å²) in [6.45, 7) is 1.06. The van der Waals surface area contributed by atoms with E-state index in [1.54, 1.807) is 30.3 Å². The van der Waals surface area contributed by atoms with Crippen molar-refractivity contribution in [2.75, 3.05) is 20.6 Å². The highest BCUT2D eigenvalue weighted by Crippen LogP contribution is 2.22. The summed E-state index contributed by atoms with van der Waals surface area (Å²) in [6.07, 6.45) is 5.10. The largest absolute Gasteiger partial charge is 0.348 e. The van der Waals surface area contributed by atoms with Crippen LogP contribution in [0.4, 0.5) is 0 Å². The van der Waals surface area contributed by atoms with Crippen molar-refractivity contribution in [1.29, 1.82) is 0 Å². The van der Waals surface area contributed by atoms with Gasteiger partial charge in [0.2, 0.25) is 15.9 Å². The van der Waals surface area contributed by atoms with E-state index >= 15 is 0 Å². The topological polar surface area (TPSA) is 78.5 Å². The molecule has 0 atom stereocenters. The number of hydrogen-bond donors (Lipinski definition) is 2. The van der Waals surface area contributed by atoms with Crippen molar-refractivity contribution in [3.8, 4) is 0 Å². The molecular formula is C16H23N3O3S. The van der Waals surface area contributed by atoms with E-state index in [9.17, 15) is 13.2 Å². The lowest BCUT2D eigenvalue weighted by Gasteiger charge is -2.07. The Hall–Kier alpha value is -1.70. The highest BCUT2D eigenvalue weighted by atomic mass is 32.2. The molecule has 0 saturated heterocycles. The molecule has 1 aromatic rings. The molecule has 126 valence electrons. The Labute approximate surface area is 137 Å². The number of rotatable bonds is 8. The maximum absolute atomic E-state index is 12.0. The second kappa shape index (κ2) is 7.72. The zero-order valence-corrected chi connectivity index (χ0v) is 14.3. The van der Waals surface area contributed by atoms with Crippen LogP contribution in [0, 0.1) is 0 Å². The molecule has 0 unspecified atom stereocenters. The fraction of sp³-hybridized carbons (Fsp3) is 0.438. The van der Waals surface area contributed by atoms with Crippen molar-refractivity contribution in [3.63, 3.8) is 0 Å². The quantitative estimate of drug-likeness (QED) is 0.690. The first-order chi connectivity index (χ1) is 10.9. The number of likely N-dealkylation sites (N-methyl/N-ethyl adjacent to an activating group) is 1. The Morgan fingerprint density at radius 2 is 1.91 bits per heavy atom. The molecule has 0 aliphatic heterocycles. The van der Waals surface area contributed by atoms with Gasteiger partial charge in [-0.1, -0.05) is 18.2 Å². The molecule has 1 aliphatic rings. The maximum Gasteiger partial charge on any atom is 0.243 e. The van der Waals surface area contributed by atoms with Gasteiger partial charge in [0.25, 0.3) is 0 Å². The van der Waals surface area contributed by atoms with E-state index in [2.05, 4.69) is 10.0 Å². The molecule has 23 heavy (non-hydrogen) atoms. The third kappa shape index (κ3) is 6.13. The Bertz CT molecular complexity index is 662. The van der Waals surface area contributed by atoms with Gasteiger partial charge in [-0.25, -0.2) is 13.1 Å². The lowest BCUT2D eigenvalue weighted by molar-refractivity contribution is -0.116. The average molecular weight is 337 g/mol. The van der Waals surface area contributed by atoms with Crippen molar-refractivity contribution >= 4 is 15.9 Å². The minimum atomic E-state index is -3.42. The Morgan fingerprint density at radius 1 is 1.26 bits per heavy atom. The van der Waals surface area contributed by atoms with Crippen molar-refractivity contribution in [2.45, 2.75) is 30.3 Å². The summed E-state index contributed by atoms with van der Waals surface area (Å²) in [7, 11) is 0.435. The van der Waals surface area contributed by atoms with Crippen molar-refractivity contribution in [1.82, 2.24) is 14.9 Å². The van der Waals surface area contributed by atoms with E-state index in [1.165, 1.54) is 6.08 Å². The number of benzene rings is 1. The molecule has 1 saturated carbocycles. The number of hydrogen-bond acceptors (Lipinski definition) is 4. The van der Waals surface area contributed by atoms with Crippen LogP contribution in [-0.2, 0) is 21.4 Å². The molecule has 6 nitrogen and oxygen atoms in total. The fourth-order valence-electron chi connectivity index (χ4n) is 1.89. The summed E-state index contributed by atoms with van der Waals surface area (Å²) in [5.74, 6) is -0.168. The predicted octanol–water partition coefficient (Wildman–Crippen LogP) is 0.861. The zero-order chi connectivity index (χ0) is 16.9. The van der Waals surface area contributed by atoms with Gasteiger partial charge in [0, 0.05) is 25.2 Å². The van der Waals surface area contributed by atoms with Gasteiger partial charge in [0.15, 0.2) is 0 Å². The molecule has 2 N–H and O–H groups in total. The first-order valence-corrected chi connectivity index (χ1v) is 9.05. The summed E-state index contributed by atoms with van der Waals surface area (Å²) >= 11 is 0. The van der Waals surface area contributed by atoms with Crippen LogP contribution in [0.5, 0.6) is 0 Å². The van der Waals surface area contributed by atoms with Crippen LogP contribution in [0.15, 0.2) is 41.3 Å². The zero-order valence-electron chi connectivity index (χ0n) is 13.5. The van der Waals surface area contributed by atoms with Crippen LogP contribution >= 0.6 is 0 Å². The maximum atomic E-state index is 12.0. The minimum Gasteiger partial charge on any atom is -0.348 e. The first kappa shape index (κ1) is 17.7. The molecule has 0 spiro atoms. The van der Waals surface area contributed by atoms with Gasteiger partial charge in [0.05, 0.1) is 4.90 Å². The second-order valence-corrected chi connectivity index (χ2v) is 7.64. The van der Waals surface area contributed by atoms with E-state index in [-0.39, 0.29) is 16.8 Å². The van der Waals surface area contributed by atoms with Crippen LogP contribution < -0.4 is 10.0 Å². The molecule has 1 aromatic carbocycles. The van der Waals surface area contributed by atoms with Crippen LogP contribution in [0.2, 0.25) is 0 Å².